The maximum atomic E-state index is 12.5. The quantitative estimate of drug-likeness (QED) is 0.761. The summed E-state index contributed by atoms with van der Waals surface area (Å²) in [6.45, 7) is 4.40. The van der Waals surface area contributed by atoms with Crippen molar-refractivity contribution in [2.75, 3.05) is 12.4 Å². The van der Waals surface area contributed by atoms with E-state index in [1.54, 1.807) is 6.08 Å². The molecule has 0 fully saturated rings. The van der Waals surface area contributed by atoms with E-state index in [2.05, 4.69) is 65.2 Å². The van der Waals surface area contributed by atoms with Crippen molar-refractivity contribution >= 4 is 33.2 Å². The normalized spacial score (nSPS) is 17.5. The van der Waals surface area contributed by atoms with E-state index in [-0.39, 0.29) is 11.4 Å². The van der Waals surface area contributed by atoms with Crippen LogP contribution in [0.15, 0.2) is 59.1 Å². The van der Waals surface area contributed by atoms with Crippen LogP contribution >= 0.6 is 15.9 Å². The molecule has 0 bridgehead atoms. The van der Waals surface area contributed by atoms with Crippen molar-refractivity contribution in [1.29, 1.82) is 0 Å². The van der Waals surface area contributed by atoms with Gasteiger partial charge < -0.3 is 10.2 Å². The Hall–Kier alpha value is -2.07. The third-order valence-electron chi connectivity index (χ3n) is 4.57. The van der Waals surface area contributed by atoms with E-state index in [0.29, 0.717) is 0 Å². The fraction of sp³-hybridized carbons (Fsp3) is 0.250. The second kappa shape index (κ2) is 6.44. The van der Waals surface area contributed by atoms with Crippen LogP contribution in [0.1, 0.15) is 25.0 Å². The molecule has 4 heteroatoms. The number of carbonyl (C=O) groups is 1. The number of hydrogen-bond donors (Lipinski definition) is 1. The standard InChI is InChI=1S/C20H21BrN2O/c1-20(2)13-14-6-4-5-7-17(14)18(23(20)3)12-19(24)22-16-10-8-15(21)9-11-16/h4-12H,13H2,1-3H3,(H,22,24)/b18-12+. The molecule has 1 N–H and O–H groups in total. The Bertz CT molecular complexity index is 794. The number of fused-ring (bicyclic) bond motifs is 1. The minimum absolute atomic E-state index is 0.0297. The second-order valence-corrected chi connectivity index (χ2v) is 7.65. The monoisotopic (exact) mass is 384 g/mol. The van der Waals surface area contributed by atoms with Crippen LogP contribution in [-0.2, 0) is 11.2 Å². The highest BCUT2D eigenvalue weighted by Crippen LogP contribution is 2.36. The molecule has 1 aliphatic heterocycles. The molecule has 0 aliphatic carbocycles. The summed E-state index contributed by atoms with van der Waals surface area (Å²) in [5.74, 6) is -0.119. The highest BCUT2D eigenvalue weighted by Gasteiger charge is 2.33. The lowest BCUT2D eigenvalue weighted by atomic mass is 9.84. The Labute approximate surface area is 151 Å². The fourth-order valence-electron chi connectivity index (χ4n) is 3.03. The Morgan fingerprint density at radius 3 is 2.54 bits per heavy atom. The first kappa shape index (κ1) is 16.8. The maximum absolute atomic E-state index is 12.5. The molecule has 2 aromatic carbocycles. The lowest BCUT2D eigenvalue weighted by Crippen LogP contribution is -2.45. The van der Waals surface area contributed by atoms with Gasteiger partial charge in [-0.25, -0.2) is 0 Å². The van der Waals surface area contributed by atoms with Crippen LogP contribution in [0.25, 0.3) is 5.70 Å². The molecule has 1 amide bonds. The predicted octanol–water partition coefficient (Wildman–Crippen LogP) is 4.70. The molecular formula is C20H21BrN2O. The molecule has 0 spiro atoms. The summed E-state index contributed by atoms with van der Waals surface area (Å²) in [6.07, 6.45) is 2.66. The van der Waals surface area contributed by atoms with Crippen molar-refractivity contribution in [3.05, 3.63) is 70.2 Å². The zero-order valence-corrected chi connectivity index (χ0v) is 15.7. The van der Waals surface area contributed by atoms with Gasteiger partial charge >= 0.3 is 0 Å². The molecule has 0 atom stereocenters. The van der Waals surface area contributed by atoms with E-state index in [1.165, 1.54) is 5.56 Å². The highest BCUT2D eigenvalue weighted by molar-refractivity contribution is 9.10. The average Bonchev–Trinajstić information content (AvgIpc) is 2.54. The van der Waals surface area contributed by atoms with E-state index in [1.807, 2.05) is 30.3 Å². The molecule has 24 heavy (non-hydrogen) atoms. The number of rotatable bonds is 2. The number of nitrogens with one attached hydrogen (secondary N) is 1. The summed E-state index contributed by atoms with van der Waals surface area (Å²) in [7, 11) is 2.05. The number of carbonyl (C=O) groups excluding carboxylic acids is 1. The minimum atomic E-state index is -0.119. The van der Waals surface area contributed by atoms with Crippen molar-refractivity contribution in [2.45, 2.75) is 25.8 Å². The molecule has 2 aromatic rings. The van der Waals surface area contributed by atoms with Gasteiger partial charge in [0.05, 0.1) is 0 Å². The number of nitrogens with zero attached hydrogens (tertiary/aromatic N) is 1. The largest absolute Gasteiger partial charge is 0.368 e. The first-order valence-electron chi connectivity index (χ1n) is 7.97. The lowest BCUT2D eigenvalue weighted by molar-refractivity contribution is -0.111. The Morgan fingerprint density at radius 1 is 1.17 bits per heavy atom. The number of benzene rings is 2. The van der Waals surface area contributed by atoms with Crippen LogP contribution in [0.5, 0.6) is 0 Å². The number of hydrogen-bond acceptors (Lipinski definition) is 2. The first-order chi connectivity index (χ1) is 11.4. The van der Waals surface area contributed by atoms with Gasteiger partial charge in [0.25, 0.3) is 0 Å². The Balaban J connectivity index is 1.92. The van der Waals surface area contributed by atoms with E-state index in [9.17, 15) is 4.79 Å². The van der Waals surface area contributed by atoms with Crippen molar-refractivity contribution in [2.24, 2.45) is 0 Å². The summed E-state index contributed by atoms with van der Waals surface area (Å²) in [4.78, 5) is 14.7. The van der Waals surface area contributed by atoms with Crippen LogP contribution < -0.4 is 5.32 Å². The molecule has 0 saturated heterocycles. The molecule has 0 saturated carbocycles. The van der Waals surface area contributed by atoms with Gasteiger partial charge in [0.1, 0.15) is 0 Å². The number of halogens is 1. The topological polar surface area (TPSA) is 32.3 Å². The summed E-state index contributed by atoms with van der Waals surface area (Å²) in [5.41, 5.74) is 4.12. The summed E-state index contributed by atoms with van der Waals surface area (Å²) in [5, 5.41) is 2.93. The molecule has 124 valence electrons. The minimum Gasteiger partial charge on any atom is -0.368 e. The van der Waals surface area contributed by atoms with Gasteiger partial charge in [-0.15, -0.1) is 0 Å². The second-order valence-electron chi connectivity index (χ2n) is 6.73. The van der Waals surface area contributed by atoms with Crippen molar-refractivity contribution in [3.63, 3.8) is 0 Å². The molecule has 1 heterocycles. The predicted molar refractivity (Wildman–Crippen MR) is 103 cm³/mol. The Morgan fingerprint density at radius 2 is 1.83 bits per heavy atom. The molecule has 0 unspecified atom stereocenters. The van der Waals surface area contributed by atoms with Gasteiger partial charge in [-0.05, 0) is 50.1 Å². The van der Waals surface area contributed by atoms with Crippen LogP contribution in [0.2, 0.25) is 0 Å². The summed E-state index contributed by atoms with van der Waals surface area (Å²) >= 11 is 3.40. The van der Waals surface area contributed by atoms with Gasteiger partial charge in [0.2, 0.25) is 5.91 Å². The van der Waals surface area contributed by atoms with E-state index < -0.39 is 0 Å². The lowest BCUT2D eigenvalue weighted by Gasteiger charge is -2.44. The first-order valence-corrected chi connectivity index (χ1v) is 8.76. The van der Waals surface area contributed by atoms with Crippen molar-refractivity contribution in [1.82, 2.24) is 4.90 Å². The van der Waals surface area contributed by atoms with Crippen LogP contribution in [0.3, 0.4) is 0 Å². The van der Waals surface area contributed by atoms with Crippen LogP contribution in [-0.4, -0.2) is 23.4 Å². The highest BCUT2D eigenvalue weighted by atomic mass is 79.9. The zero-order valence-electron chi connectivity index (χ0n) is 14.1. The molecule has 1 aliphatic rings. The molecule has 0 radical (unpaired) electrons. The number of likely N-dealkylation sites (N-methyl/N-ethyl adjacent to an activating group) is 1. The smallest absolute Gasteiger partial charge is 0.250 e. The van der Waals surface area contributed by atoms with Gasteiger partial charge in [-0.1, -0.05) is 40.2 Å². The SMILES string of the molecule is CN1/C(=C/C(=O)Nc2ccc(Br)cc2)c2ccccc2CC1(C)C. The number of anilines is 1. The fourth-order valence-corrected chi connectivity index (χ4v) is 3.29. The van der Waals surface area contributed by atoms with Gasteiger partial charge in [0, 0.05) is 40.1 Å². The van der Waals surface area contributed by atoms with Gasteiger partial charge in [-0.3, -0.25) is 4.79 Å². The van der Waals surface area contributed by atoms with Crippen LogP contribution in [0.4, 0.5) is 5.69 Å². The van der Waals surface area contributed by atoms with Crippen molar-refractivity contribution in [3.8, 4) is 0 Å². The molecule has 3 rings (SSSR count). The third-order valence-corrected chi connectivity index (χ3v) is 5.09. The summed E-state index contributed by atoms with van der Waals surface area (Å²) < 4.78 is 0.988. The van der Waals surface area contributed by atoms with Crippen LogP contribution in [0, 0.1) is 0 Å². The third kappa shape index (κ3) is 3.39. The van der Waals surface area contributed by atoms with E-state index in [4.69, 9.17) is 0 Å². The zero-order chi connectivity index (χ0) is 17.3. The van der Waals surface area contributed by atoms with E-state index in [0.717, 1.165) is 27.8 Å². The molecule has 3 nitrogen and oxygen atoms in total. The maximum Gasteiger partial charge on any atom is 0.250 e. The number of amides is 1. The van der Waals surface area contributed by atoms with Gasteiger partial charge in [0.15, 0.2) is 0 Å². The van der Waals surface area contributed by atoms with Gasteiger partial charge in [-0.2, -0.15) is 0 Å². The average molecular weight is 385 g/mol. The summed E-state index contributed by atoms with van der Waals surface area (Å²) in [6, 6.07) is 15.9. The van der Waals surface area contributed by atoms with E-state index >= 15 is 0 Å². The molecule has 0 aromatic heterocycles. The molecular weight excluding hydrogens is 364 g/mol. The Kier molecular flexibility index (Phi) is 4.50. The van der Waals surface area contributed by atoms with Crippen molar-refractivity contribution < 1.29 is 4.79 Å².